The smallest absolute Gasteiger partial charge is 0.380 e. The second kappa shape index (κ2) is 7.87. The molecular weight excluding hydrogens is 283 g/mol. The predicted molar refractivity (Wildman–Crippen MR) is 49.4 cm³/mol. The minimum Gasteiger partial charge on any atom is -0.455 e. The molecule has 1 aliphatic rings. The predicted octanol–water partition coefficient (Wildman–Crippen LogP) is 0.0480. The molecule has 1 amide bonds. The molecule has 1 atom stereocenters. The Morgan fingerprint density at radius 3 is 2.71 bits per heavy atom. The third-order valence-electron chi connectivity index (χ3n) is 1.54. The van der Waals surface area contributed by atoms with Gasteiger partial charge in [-0.25, -0.2) is 4.79 Å². The number of hydrogen-bond donors (Lipinski definition) is 2. The van der Waals surface area contributed by atoms with E-state index in [1.165, 1.54) is 29.6 Å². The summed E-state index contributed by atoms with van der Waals surface area (Å²) in [5.74, 6) is 2.00. The summed E-state index contributed by atoms with van der Waals surface area (Å²) in [5.41, 5.74) is 0. The molecule has 1 radical (unpaired) electrons. The number of aliphatic hydroxyl groups is 2. The van der Waals surface area contributed by atoms with E-state index in [1.807, 2.05) is 0 Å². The van der Waals surface area contributed by atoms with E-state index in [1.54, 1.807) is 0 Å². The van der Waals surface area contributed by atoms with Gasteiger partial charge in [0.1, 0.15) is 0 Å². The molecule has 1 unspecified atom stereocenters. The zero-order chi connectivity index (χ0) is 9.14. The van der Waals surface area contributed by atoms with Crippen molar-refractivity contribution >= 4 is 17.9 Å². The van der Waals surface area contributed by atoms with E-state index < -0.39 is 18.4 Å². The van der Waals surface area contributed by atoms with Gasteiger partial charge in [0.15, 0.2) is 6.29 Å². The van der Waals surface area contributed by atoms with Crippen molar-refractivity contribution in [2.24, 2.45) is 0 Å². The Morgan fingerprint density at radius 1 is 1.71 bits per heavy atom. The van der Waals surface area contributed by atoms with Crippen molar-refractivity contribution in [2.75, 3.05) is 12.9 Å². The summed E-state index contributed by atoms with van der Waals surface area (Å²) in [4.78, 5) is 12.1. The maximum Gasteiger partial charge on any atom is 0.380 e. The third-order valence-corrected chi connectivity index (χ3v) is 2.45. The summed E-state index contributed by atoms with van der Waals surface area (Å²) in [6.45, 7) is 0. The third kappa shape index (κ3) is 4.02. The largest absolute Gasteiger partial charge is 0.455 e. The summed E-state index contributed by atoms with van der Waals surface area (Å²) in [6, 6.07) is -0.595. The Kier molecular flexibility index (Phi) is 9.59. The van der Waals surface area contributed by atoms with Crippen molar-refractivity contribution in [3.63, 3.8) is 0 Å². The van der Waals surface area contributed by atoms with Crippen LogP contribution in [0.3, 0.4) is 0 Å². The Morgan fingerprint density at radius 2 is 2.29 bits per heavy atom. The van der Waals surface area contributed by atoms with Crippen molar-refractivity contribution in [1.82, 2.24) is 4.90 Å². The van der Waals surface area contributed by atoms with Crippen molar-refractivity contribution < 1.29 is 52.5 Å². The Labute approximate surface area is 113 Å². The van der Waals surface area contributed by atoms with Crippen LogP contribution in [-0.4, -0.2) is 46.4 Å². The van der Waals surface area contributed by atoms with E-state index >= 15 is 0 Å². The van der Waals surface area contributed by atoms with Crippen molar-refractivity contribution in [2.45, 2.75) is 12.3 Å². The summed E-state index contributed by atoms with van der Waals surface area (Å²) >= 11 is 1.34. The average molecular weight is 296 g/mol. The fourth-order valence-electron chi connectivity index (χ4n) is 0.894. The monoisotopic (exact) mass is 296 g/mol. The van der Waals surface area contributed by atoms with Crippen molar-refractivity contribution in [3.05, 3.63) is 13.3 Å². The second-order valence-corrected chi connectivity index (χ2v) is 3.17. The summed E-state index contributed by atoms with van der Waals surface area (Å²) < 4.78 is 4.43. The SMILES string of the molecule is COC(=O)N1[CH-]SCC1C(O)O.[CH3-].[Y]. The van der Waals surface area contributed by atoms with Crippen LogP contribution in [0.5, 0.6) is 0 Å². The van der Waals surface area contributed by atoms with Gasteiger partial charge in [-0.2, -0.15) is 5.88 Å². The summed E-state index contributed by atoms with van der Waals surface area (Å²) in [6.07, 6.45) is -2.09. The van der Waals surface area contributed by atoms with Crippen LogP contribution in [0.15, 0.2) is 0 Å². The molecule has 2 N–H and O–H groups in total. The van der Waals surface area contributed by atoms with E-state index in [0.29, 0.717) is 5.75 Å². The van der Waals surface area contributed by atoms with Gasteiger partial charge in [0, 0.05) is 32.7 Å². The Hall–Kier alpha value is 0.644. The molecule has 0 saturated carbocycles. The summed E-state index contributed by atoms with van der Waals surface area (Å²) in [7, 11) is 1.25. The molecule has 0 spiro atoms. The van der Waals surface area contributed by atoms with Crippen LogP contribution in [0.4, 0.5) is 4.79 Å². The first kappa shape index (κ1) is 17.1. The molecule has 14 heavy (non-hydrogen) atoms. The number of thioether (sulfide) groups is 1. The van der Waals surface area contributed by atoms with Gasteiger partial charge in [-0.15, -0.1) is 0 Å². The van der Waals surface area contributed by atoms with Crippen molar-refractivity contribution in [1.29, 1.82) is 0 Å². The van der Waals surface area contributed by atoms with Gasteiger partial charge >= 0.3 is 6.09 Å². The molecule has 0 aromatic heterocycles. The number of nitrogens with zero attached hydrogens (tertiary/aromatic N) is 1. The Balaban J connectivity index is 0. The molecule has 1 saturated heterocycles. The minimum atomic E-state index is -1.52. The summed E-state index contributed by atoms with van der Waals surface area (Å²) in [5, 5.41) is 17.7. The van der Waals surface area contributed by atoms with Gasteiger partial charge in [0.05, 0.1) is 13.2 Å². The first-order valence-electron chi connectivity index (χ1n) is 3.34. The van der Waals surface area contributed by atoms with Crippen molar-refractivity contribution in [3.8, 4) is 0 Å². The van der Waals surface area contributed by atoms with Gasteiger partial charge in [-0.1, -0.05) is 0 Å². The number of hydrogen-bond acceptors (Lipinski definition) is 5. The molecule has 0 aliphatic carbocycles. The van der Waals surface area contributed by atoms with Crippen LogP contribution >= 0.6 is 11.8 Å². The quantitative estimate of drug-likeness (QED) is 0.528. The molecule has 7 heteroatoms. The normalized spacial score (nSPS) is 20.0. The Bertz CT molecular complexity index is 181. The molecule has 0 bridgehead atoms. The number of carbonyl (C=O) groups excluding carboxylic acids is 1. The topological polar surface area (TPSA) is 70.0 Å². The standard InChI is InChI=1S/C6H10NO4S.CH3.Y/c1-11-6(10)7-3-12-2-4(7)5(8)9;;/h3-5,8-9H,2H2,1H3;1H3;/q2*-1;. The van der Waals surface area contributed by atoms with Gasteiger partial charge in [-0.3, -0.25) is 0 Å². The first-order chi connectivity index (χ1) is 5.66. The number of aliphatic hydroxyl groups excluding tert-OH is 1. The van der Waals surface area contributed by atoms with E-state index in [-0.39, 0.29) is 40.1 Å². The number of rotatable bonds is 1. The zero-order valence-corrected chi connectivity index (χ0v) is 11.7. The van der Waals surface area contributed by atoms with Gasteiger partial charge < -0.3 is 39.0 Å². The van der Waals surface area contributed by atoms with Gasteiger partial charge in [0.2, 0.25) is 0 Å². The van der Waals surface area contributed by atoms with Crippen LogP contribution in [0.25, 0.3) is 0 Å². The second-order valence-electron chi connectivity index (χ2n) is 2.30. The van der Waals surface area contributed by atoms with Crippen LogP contribution in [-0.2, 0) is 37.4 Å². The number of methoxy groups -OCH3 is 1. The molecular formula is C7H13NO4SY-2. The minimum absolute atomic E-state index is 0. The fourth-order valence-corrected chi connectivity index (χ4v) is 1.91. The molecule has 1 rings (SSSR count). The maximum atomic E-state index is 11.0. The zero-order valence-electron chi connectivity index (χ0n) is 8.08. The van der Waals surface area contributed by atoms with E-state index in [0.717, 1.165) is 0 Å². The molecule has 0 aromatic carbocycles. The van der Waals surface area contributed by atoms with E-state index in [4.69, 9.17) is 10.2 Å². The van der Waals surface area contributed by atoms with E-state index in [9.17, 15) is 4.79 Å². The molecule has 1 fully saturated rings. The van der Waals surface area contributed by atoms with Crippen LogP contribution in [0.1, 0.15) is 0 Å². The van der Waals surface area contributed by atoms with Gasteiger partial charge in [0.25, 0.3) is 0 Å². The molecule has 1 aliphatic heterocycles. The van der Waals surface area contributed by atoms with Crippen LogP contribution in [0.2, 0.25) is 0 Å². The number of amides is 1. The first-order valence-corrected chi connectivity index (χ1v) is 4.39. The molecule has 0 aromatic rings. The molecule has 1 heterocycles. The number of ether oxygens (including phenoxy) is 1. The van der Waals surface area contributed by atoms with Gasteiger partial charge in [-0.05, 0) is 5.75 Å². The van der Waals surface area contributed by atoms with Crippen LogP contribution in [0, 0.1) is 13.3 Å². The van der Waals surface area contributed by atoms with Crippen LogP contribution < -0.4 is 0 Å². The molecule has 81 valence electrons. The maximum absolute atomic E-state index is 11.0. The average Bonchev–Trinajstić information content (AvgIpc) is 2.50. The number of carbonyl (C=O) groups is 1. The molecule has 5 nitrogen and oxygen atoms in total. The fraction of sp³-hybridized carbons (Fsp3) is 0.571. The van der Waals surface area contributed by atoms with E-state index in [2.05, 4.69) is 4.74 Å².